The molecule has 0 spiro atoms. The van der Waals surface area contributed by atoms with Crippen LogP contribution in [0, 0.1) is 17.8 Å². The number of hydrogen-bond acceptors (Lipinski definition) is 4. The second kappa shape index (κ2) is 6.90. The van der Waals surface area contributed by atoms with Crippen LogP contribution in [0.25, 0.3) is 0 Å². The fourth-order valence-corrected chi connectivity index (χ4v) is 3.23. The van der Waals surface area contributed by atoms with Crippen LogP contribution < -0.4 is 5.32 Å². The SMILES string of the molecule is COC(=O)C1CC(NCC(C)C)CN(C(C)C2CC2)C1. The van der Waals surface area contributed by atoms with Gasteiger partial charge in [0.25, 0.3) is 0 Å². The lowest BCUT2D eigenvalue weighted by molar-refractivity contribution is -0.148. The van der Waals surface area contributed by atoms with Gasteiger partial charge in [-0.1, -0.05) is 13.8 Å². The minimum atomic E-state index is -0.0472. The third-order valence-corrected chi connectivity index (χ3v) is 4.71. The third kappa shape index (κ3) is 4.19. The van der Waals surface area contributed by atoms with Crippen molar-refractivity contribution in [2.24, 2.45) is 17.8 Å². The maximum absolute atomic E-state index is 11.9. The first kappa shape index (κ1) is 15.8. The maximum Gasteiger partial charge on any atom is 0.310 e. The van der Waals surface area contributed by atoms with E-state index in [1.165, 1.54) is 20.0 Å². The Balaban J connectivity index is 1.95. The third-order valence-electron chi connectivity index (χ3n) is 4.71. The van der Waals surface area contributed by atoms with Gasteiger partial charge >= 0.3 is 5.97 Å². The standard InChI is InChI=1S/C16H30N2O2/c1-11(2)8-17-15-7-14(16(19)20-4)9-18(10-15)12(3)13-5-6-13/h11-15,17H,5-10H2,1-4H3. The van der Waals surface area contributed by atoms with E-state index in [4.69, 9.17) is 4.74 Å². The number of esters is 1. The number of likely N-dealkylation sites (tertiary alicyclic amines) is 1. The highest BCUT2D eigenvalue weighted by Crippen LogP contribution is 2.36. The van der Waals surface area contributed by atoms with Gasteiger partial charge in [-0.15, -0.1) is 0 Å². The molecule has 1 saturated heterocycles. The van der Waals surface area contributed by atoms with E-state index in [-0.39, 0.29) is 11.9 Å². The number of hydrogen-bond donors (Lipinski definition) is 1. The largest absolute Gasteiger partial charge is 0.469 e. The van der Waals surface area contributed by atoms with Crippen LogP contribution in [0.15, 0.2) is 0 Å². The summed E-state index contributed by atoms with van der Waals surface area (Å²) in [6, 6.07) is 1.02. The fourth-order valence-electron chi connectivity index (χ4n) is 3.23. The zero-order chi connectivity index (χ0) is 14.7. The lowest BCUT2D eigenvalue weighted by Gasteiger charge is -2.40. The van der Waals surface area contributed by atoms with Crippen molar-refractivity contribution in [3.63, 3.8) is 0 Å². The van der Waals surface area contributed by atoms with Gasteiger partial charge in [0.15, 0.2) is 0 Å². The first-order valence-electron chi connectivity index (χ1n) is 8.06. The molecule has 0 aromatic rings. The van der Waals surface area contributed by atoms with E-state index in [1.54, 1.807) is 0 Å². The van der Waals surface area contributed by atoms with Crippen LogP contribution in [0.2, 0.25) is 0 Å². The first-order chi connectivity index (χ1) is 9.51. The summed E-state index contributed by atoms with van der Waals surface area (Å²) in [7, 11) is 1.50. The normalized spacial score (nSPS) is 29.4. The first-order valence-corrected chi connectivity index (χ1v) is 8.06. The molecule has 1 aliphatic heterocycles. The van der Waals surface area contributed by atoms with E-state index >= 15 is 0 Å². The highest BCUT2D eigenvalue weighted by Gasteiger charge is 2.38. The summed E-state index contributed by atoms with van der Waals surface area (Å²) in [6.45, 7) is 9.71. The number of ether oxygens (including phenoxy) is 1. The quantitative estimate of drug-likeness (QED) is 0.756. The highest BCUT2D eigenvalue weighted by molar-refractivity contribution is 5.72. The number of nitrogens with zero attached hydrogens (tertiary/aromatic N) is 1. The van der Waals surface area contributed by atoms with Crippen LogP contribution in [0.1, 0.15) is 40.0 Å². The molecule has 0 radical (unpaired) electrons. The number of carbonyl (C=O) groups is 1. The Morgan fingerprint density at radius 1 is 1.30 bits per heavy atom. The molecule has 1 heterocycles. The molecule has 0 bridgehead atoms. The van der Waals surface area contributed by atoms with Gasteiger partial charge in [-0.25, -0.2) is 0 Å². The molecule has 0 aromatic carbocycles. The molecule has 4 heteroatoms. The molecule has 2 rings (SSSR count). The van der Waals surface area contributed by atoms with Gasteiger partial charge in [0, 0.05) is 25.2 Å². The van der Waals surface area contributed by atoms with Crippen molar-refractivity contribution >= 4 is 5.97 Å². The van der Waals surface area contributed by atoms with Crippen LogP contribution in [-0.4, -0.2) is 49.7 Å². The molecule has 2 fully saturated rings. The van der Waals surface area contributed by atoms with E-state index in [0.717, 1.165) is 32.0 Å². The topological polar surface area (TPSA) is 41.6 Å². The Morgan fingerprint density at radius 2 is 2.00 bits per heavy atom. The summed E-state index contributed by atoms with van der Waals surface area (Å²) in [5.74, 6) is 1.47. The molecule has 3 atom stereocenters. The van der Waals surface area contributed by atoms with Crippen molar-refractivity contribution < 1.29 is 9.53 Å². The molecule has 20 heavy (non-hydrogen) atoms. The van der Waals surface area contributed by atoms with Crippen molar-refractivity contribution in [3.05, 3.63) is 0 Å². The number of nitrogens with one attached hydrogen (secondary N) is 1. The lowest BCUT2D eigenvalue weighted by atomic mass is 9.92. The van der Waals surface area contributed by atoms with Gasteiger partial charge in [0.1, 0.15) is 0 Å². The Hall–Kier alpha value is -0.610. The molecule has 116 valence electrons. The molecule has 4 nitrogen and oxygen atoms in total. The predicted octanol–water partition coefficient (Wildman–Crippen LogP) is 1.89. The summed E-state index contributed by atoms with van der Waals surface area (Å²) in [4.78, 5) is 14.4. The van der Waals surface area contributed by atoms with Gasteiger partial charge in [-0.3, -0.25) is 9.69 Å². The monoisotopic (exact) mass is 282 g/mol. The average molecular weight is 282 g/mol. The molecule has 0 aromatic heterocycles. The molecular weight excluding hydrogens is 252 g/mol. The van der Waals surface area contributed by atoms with Crippen LogP contribution >= 0.6 is 0 Å². The Bertz CT molecular complexity index is 328. The van der Waals surface area contributed by atoms with E-state index in [0.29, 0.717) is 18.0 Å². The van der Waals surface area contributed by atoms with E-state index in [1.807, 2.05) is 0 Å². The number of carbonyl (C=O) groups excluding carboxylic acids is 1. The van der Waals surface area contributed by atoms with Gasteiger partial charge in [-0.05, 0) is 44.6 Å². The van der Waals surface area contributed by atoms with Crippen molar-refractivity contribution in [1.29, 1.82) is 0 Å². The second-order valence-corrected chi connectivity index (χ2v) is 6.99. The van der Waals surface area contributed by atoms with Gasteiger partial charge in [0.05, 0.1) is 13.0 Å². The Labute approximate surface area is 123 Å². The zero-order valence-electron chi connectivity index (χ0n) is 13.4. The van der Waals surface area contributed by atoms with Crippen molar-refractivity contribution in [1.82, 2.24) is 10.2 Å². The average Bonchev–Trinajstić information content (AvgIpc) is 3.27. The molecule has 1 saturated carbocycles. The fraction of sp³-hybridized carbons (Fsp3) is 0.938. The van der Waals surface area contributed by atoms with Gasteiger partial charge in [-0.2, -0.15) is 0 Å². The highest BCUT2D eigenvalue weighted by atomic mass is 16.5. The Morgan fingerprint density at radius 3 is 2.55 bits per heavy atom. The number of rotatable bonds is 6. The number of piperidine rings is 1. The van der Waals surface area contributed by atoms with Crippen LogP contribution in [0.3, 0.4) is 0 Å². The maximum atomic E-state index is 11.9. The van der Waals surface area contributed by atoms with E-state index in [9.17, 15) is 4.79 Å². The predicted molar refractivity (Wildman–Crippen MR) is 80.5 cm³/mol. The minimum Gasteiger partial charge on any atom is -0.469 e. The summed E-state index contributed by atoms with van der Waals surface area (Å²) >= 11 is 0. The molecule has 0 amide bonds. The van der Waals surface area contributed by atoms with Crippen molar-refractivity contribution in [2.45, 2.75) is 52.1 Å². The second-order valence-electron chi connectivity index (χ2n) is 6.99. The van der Waals surface area contributed by atoms with E-state index < -0.39 is 0 Å². The van der Waals surface area contributed by atoms with Gasteiger partial charge in [0.2, 0.25) is 0 Å². The lowest BCUT2D eigenvalue weighted by Crippen LogP contribution is -2.54. The summed E-state index contributed by atoms with van der Waals surface area (Å²) in [5, 5.41) is 3.62. The van der Waals surface area contributed by atoms with Crippen LogP contribution in [0.5, 0.6) is 0 Å². The molecular formula is C16H30N2O2. The summed E-state index contributed by atoms with van der Waals surface area (Å²) < 4.78 is 4.97. The van der Waals surface area contributed by atoms with Crippen molar-refractivity contribution in [3.8, 4) is 0 Å². The van der Waals surface area contributed by atoms with Crippen LogP contribution in [-0.2, 0) is 9.53 Å². The zero-order valence-corrected chi connectivity index (χ0v) is 13.4. The minimum absolute atomic E-state index is 0.0274. The van der Waals surface area contributed by atoms with Gasteiger partial charge < -0.3 is 10.1 Å². The molecule has 3 unspecified atom stereocenters. The summed E-state index contributed by atoms with van der Waals surface area (Å²) in [5.41, 5.74) is 0. The smallest absolute Gasteiger partial charge is 0.310 e. The number of methoxy groups -OCH3 is 1. The van der Waals surface area contributed by atoms with Crippen LogP contribution in [0.4, 0.5) is 0 Å². The Kier molecular flexibility index (Phi) is 5.44. The van der Waals surface area contributed by atoms with Crippen molar-refractivity contribution in [2.75, 3.05) is 26.7 Å². The molecule has 2 aliphatic rings. The summed E-state index contributed by atoms with van der Waals surface area (Å²) in [6.07, 6.45) is 3.61. The molecule has 1 N–H and O–H groups in total. The molecule has 1 aliphatic carbocycles. The van der Waals surface area contributed by atoms with E-state index in [2.05, 4.69) is 31.0 Å².